The monoisotopic (exact) mass is 265 g/mol. The molecule has 3 rings (SSSR count). The van der Waals surface area contributed by atoms with Gasteiger partial charge in [-0.3, -0.25) is 9.78 Å². The second-order valence-corrected chi connectivity index (χ2v) is 4.77. The maximum Gasteiger partial charge on any atom is 0.189 e. The molecule has 0 fully saturated rings. The number of carbonyl (C=O) groups is 1. The molecule has 1 aliphatic carbocycles. The molecule has 0 radical (unpaired) electrons. The van der Waals surface area contributed by atoms with Crippen molar-refractivity contribution in [2.24, 2.45) is 0 Å². The summed E-state index contributed by atoms with van der Waals surface area (Å²) < 4.78 is 5.33. The van der Waals surface area contributed by atoms with Gasteiger partial charge in [0, 0.05) is 29.1 Å². The van der Waals surface area contributed by atoms with Crippen molar-refractivity contribution in [2.45, 2.75) is 12.8 Å². The van der Waals surface area contributed by atoms with Crippen molar-refractivity contribution in [1.82, 2.24) is 4.98 Å². The van der Waals surface area contributed by atoms with Crippen LogP contribution >= 0.6 is 0 Å². The van der Waals surface area contributed by atoms with Crippen LogP contribution in [0.2, 0.25) is 0 Å². The lowest BCUT2D eigenvalue weighted by atomic mass is 9.85. The van der Waals surface area contributed by atoms with Crippen molar-refractivity contribution in [2.75, 3.05) is 7.11 Å². The third-order valence-electron chi connectivity index (χ3n) is 3.56. The first kappa shape index (κ1) is 12.6. The summed E-state index contributed by atoms with van der Waals surface area (Å²) >= 11 is 0. The van der Waals surface area contributed by atoms with Crippen LogP contribution < -0.4 is 4.74 Å². The van der Waals surface area contributed by atoms with Gasteiger partial charge in [0.25, 0.3) is 0 Å². The number of ketones is 1. The van der Waals surface area contributed by atoms with Crippen LogP contribution in [0.3, 0.4) is 0 Å². The third kappa shape index (κ3) is 2.23. The highest BCUT2D eigenvalue weighted by Crippen LogP contribution is 2.32. The Labute approximate surface area is 117 Å². The van der Waals surface area contributed by atoms with E-state index in [1.165, 1.54) is 0 Å². The highest BCUT2D eigenvalue weighted by Gasteiger charge is 2.24. The summed E-state index contributed by atoms with van der Waals surface area (Å²) in [6.45, 7) is 0. The van der Waals surface area contributed by atoms with Crippen LogP contribution in [0.1, 0.15) is 27.9 Å². The molecule has 1 aliphatic rings. The van der Waals surface area contributed by atoms with E-state index in [1.54, 1.807) is 19.5 Å². The molecule has 0 atom stereocenters. The molecule has 3 nitrogen and oxygen atoms in total. The molecule has 0 aliphatic heterocycles. The van der Waals surface area contributed by atoms with Crippen LogP contribution in [0.5, 0.6) is 5.75 Å². The van der Waals surface area contributed by atoms with Crippen LogP contribution in [0, 0.1) is 0 Å². The van der Waals surface area contributed by atoms with E-state index < -0.39 is 0 Å². The van der Waals surface area contributed by atoms with Gasteiger partial charge in [-0.15, -0.1) is 0 Å². The van der Waals surface area contributed by atoms with Gasteiger partial charge < -0.3 is 4.74 Å². The summed E-state index contributed by atoms with van der Waals surface area (Å²) in [5.41, 5.74) is 3.56. The van der Waals surface area contributed by atoms with E-state index in [2.05, 4.69) is 4.98 Å². The van der Waals surface area contributed by atoms with Crippen molar-refractivity contribution in [3.05, 3.63) is 65.0 Å². The predicted octanol–water partition coefficient (Wildman–Crippen LogP) is 3.30. The van der Waals surface area contributed by atoms with Gasteiger partial charge >= 0.3 is 0 Å². The van der Waals surface area contributed by atoms with Crippen LogP contribution in [0.15, 0.2) is 48.3 Å². The molecule has 0 saturated carbocycles. The maximum absolute atomic E-state index is 12.5. The van der Waals surface area contributed by atoms with Gasteiger partial charge in [0.15, 0.2) is 5.78 Å². The van der Waals surface area contributed by atoms with Crippen molar-refractivity contribution in [3.63, 3.8) is 0 Å². The Balaban J connectivity index is 2.00. The highest BCUT2D eigenvalue weighted by molar-refractivity contribution is 6.13. The van der Waals surface area contributed by atoms with Gasteiger partial charge in [0.1, 0.15) is 5.75 Å². The molecule has 3 heteroatoms. The summed E-state index contributed by atoms with van der Waals surface area (Å²) in [5.74, 6) is 0.894. The molecule has 20 heavy (non-hydrogen) atoms. The number of hydrogen-bond donors (Lipinski definition) is 0. The number of benzene rings is 1. The smallest absolute Gasteiger partial charge is 0.189 e. The van der Waals surface area contributed by atoms with Crippen LogP contribution in [0.4, 0.5) is 0 Å². The molecular formula is C17H15NO2. The number of pyridine rings is 1. The number of allylic oxidation sites excluding steroid dienone is 1. The largest absolute Gasteiger partial charge is 0.496 e. The topological polar surface area (TPSA) is 39.2 Å². The molecule has 1 aromatic heterocycles. The quantitative estimate of drug-likeness (QED) is 0.782. The zero-order valence-electron chi connectivity index (χ0n) is 11.3. The van der Waals surface area contributed by atoms with E-state index in [9.17, 15) is 4.79 Å². The Hall–Kier alpha value is -2.42. The van der Waals surface area contributed by atoms with E-state index in [0.29, 0.717) is 0 Å². The normalized spacial score (nSPS) is 16.1. The van der Waals surface area contributed by atoms with E-state index >= 15 is 0 Å². The van der Waals surface area contributed by atoms with E-state index in [1.807, 2.05) is 36.4 Å². The van der Waals surface area contributed by atoms with Crippen LogP contribution in [0.25, 0.3) is 6.08 Å². The summed E-state index contributed by atoms with van der Waals surface area (Å²) in [4.78, 5) is 16.6. The number of methoxy groups -OCH3 is 1. The Kier molecular flexibility index (Phi) is 3.33. The van der Waals surface area contributed by atoms with Crippen molar-refractivity contribution in [3.8, 4) is 5.75 Å². The average molecular weight is 265 g/mol. The zero-order chi connectivity index (χ0) is 13.9. The first-order valence-electron chi connectivity index (χ1n) is 6.61. The van der Waals surface area contributed by atoms with Gasteiger partial charge in [-0.05, 0) is 36.6 Å². The molecule has 1 aromatic carbocycles. The second kappa shape index (κ2) is 5.29. The van der Waals surface area contributed by atoms with Crippen LogP contribution in [-0.4, -0.2) is 17.9 Å². The minimum Gasteiger partial charge on any atom is -0.496 e. The van der Waals surface area contributed by atoms with Crippen molar-refractivity contribution >= 4 is 11.9 Å². The number of Topliss-reactive ketones (excluding diaryl/α,β-unsaturated/α-hetero) is 1. The maximum atomic E-state index is 12.5. The predicted molar refractivity (Wildman–Crippen MR) is 77.9 cm³/mol. The molecule has 0 amide bonds. The first-order valence-corrected chi connectivity index (χ1v) is 6.61. The summed E-state index contributed by atoms with van der Waals surface area (Å²) in [7, 11) is 1.64. The number of fused-ring (bicyclic) bond motifs is 1. The minimum absolute atomic E-state index is 0.0917. The third-order valence-corrected chi connectivity index (χ3v) is 3.56. The summed E-state index contributed by atoms with van der Waals surface area (Å²) in [5, 5.41) is 0. The molecule has 0 bridgehead atoms. The fourth-order valence-electron chi connectivity index (χ4n) is 2.57. The summed E-state index contributed by atoms with van der Waals surface area (Å²) in [6, 6.07) is 9.46. The lowest BCUT2D eigenvalue weighted by Crippen LogP contribution is -2.15. The fraction of sp³-hybridized carbons (Fsp3) is 0.176. The molecule has 1 heterocycles. The molecule has 0 spiro atoms. The molecule has 2 aromatic rings. The van der Waals surface area contributed by atoms with Gasteiger partial charge in [-0.25, -0.2) is 0 Å². The number of aromatic nitrogens is 1. The second-order valence-electron chi connectivity index (χ2n) is 4.77. The summed E-state index contributed by atoms with van der Waals surface area (Å²) in [6.07, 6.45) is 6.99. The Morgan fingerprint density at radius 1 is 1.20 bits per heavy atom. The zero-order valence-corrected chi connectivity index (χ0v) is 11.3. The van der Waals surface area contributed by atoms with Crippen LogP contribution in [-0.2, 0) is 6.42 Å². The van der Waals surface area contributed by atoms with E-state index in [4.69, 9.17) is 4.74 Å². The van der Waals surface area contributed by atoms with E-state index in [0.717, 1.165) is 40.9 Å². The Morgan fingerprint density at radius 2 is 2.10 bits per heavy atom. The highest BCUT2D eigenvalue weighted by atomic mass is 16.5. The van der Waals surface area contributed by atoms with E-state index in [-0.39, 0.29) is 5.78 Å². The lowest BCUT2D eigenvalue weighted by Gasteiger charge is -2.19. The standard InChI is InChI=1S/C17H15NO2/c1-20-16-6-2-5-15-14(16)8-7-13(17(15)19)10-12-4-3-9-18-11-12/h2-6,9-11H,7-8H2,1H3/b13-10+. The minimum atomic E-state index is 0.0917. The number of ether oxygens (including phenoxy) is 1. The molecule has 0 saturated heterocycles. The SMILES string of the molecule is COc1cccc2c1CC/C(=C\c1cccnc1)C2=O. The molecular weight excluding hydrogens is 250 g/mol. The van der Waals surface area contributed by atoms with Gasteiger partial charge in [-0.1, -0.05) is 18.2 Å². The van der Waals surface area contributed by atoms with Gasteiger partial charge in [0.05, 0.1) is 7.11 Å². The van der Waals surface area contributed by atoms with Crippen molar-refractivity contribution < 1.29 is 9.53 Å². The van der Waals surface area contributed by atoms with Crippen molar-refractivity contribution in [1.29, 1.82) is 0 Å². The molecule has 0 N–H and O–H groups in total. The lowest BCUT2D eigenvalue weighted by molar-refractivity contribution is 0.102. The van der Waals surface area contributed by atoms with Gasteiger partial charge in [0.2, 0.25) is 0 Å². The number of carbonyl (C=O) groups excluding carboxylic acids is 1. The van der Waals surface area contributed by atoms with Gasteiger partial charge in [-0.2, -0.15) is 0 Å². The number of nitrogens with zero attached hydrogens (tertiary/aromatic N) is 1. The fourth-order valence-corrected chi connectivity index (χ4v) is 2.57. The molecule has 100 valence electrons. The Morgan fingerprint density at radius 3 is 2.85 bits per heavy atom. The first-order chi connectivity index (χ1) is 9.79. The average Bonchev–Trinajstić information content (AvgIpc) is 2.51. The Bertz CT molecular complexity index is 675. The molecule has 0 unspecified atom stereocenters. The number of rotatable bonds is 2. The number of hydrogen-bond acceptors (Lipinski definition) is 3.